The Labute approximate surface area is 126 Å². The number of hydrogen-bond donors (Lipinski definition) is 3. The zero-order chi connectivity index (χ0) is 15.5. The number of hydrogen-bond acceptors (Lipinski definition) is 3. The van der Waals surface area contributed by atoms with Crippen molar-refractivity contribution in [1.82, 2.24) is 4.98 Å². The zero-order valence-electron chi connectivity index (χ0n) is 11.7. The molecule has 5 heteroatoms. The molecular formula is C17H15N3O2. The van der Waals surface area contributed by atoms with Gasteiger partial charge in [-0.05, 0) is 35.2 Å². The summed E-state index contributed by atoms with van der Waals surface area (Å²) in [6.45, 7) is 0. The van der Waals surface area contributed by atoms with Gasteiger partial charge in [0, 0.05) is 17.3 Å². The van der Waals surface area contributed by atoms with Gasteiger partial charge in [0.1, 0.15) is 6.04 Å². The Morgan fingerprint density at radius 1 is 1.09 bits per heavy atom. The molecule has 3 aromatic rings. The largest absolute Gasteiger partial charge is 0.329 e. The first-order chi connectivity index (χ1) is 10.6. The number of aromatic amines is 1. The monoisotopic (exact) mass is 293 g/mol. The van der Waals surface area contributed by atoms with Gasteiger partial charge >= 0.3 is 0 Å². The average Bonchev–Trinajstić information content (AvgIpc) is 2.55. The number of carbonyl (C=O) groups excluding carboxylic acids is 1. The molecule has 5 nitrogen and oxygen atoms in total. The lowest BCUT2D eigenvalue weighted by Gasteiger charge is -2.13. The smallest absolute Gasteiger partial charge is 0.255 e. The van der Waals surface area contributed by atoms with Gasteiger partial charge in [-0.1, -0.05) is 30.3 Å². The molecule has 0 saturated heterocycles. The zero-order valence-corrected chi connectivity index (χ0v) is 11.7. The van der Waals surface area contributed by atoms with E-state index in [-0.39, 0.29) is 11.5 Å². The van der Waals surface area contributed by atoms with Crippen LogP contribution >= 0.6 is 0 Å². The Bertz CT molecular complexity index is 872. The van der Waals surface area contributed by atoms with Gasteiger partial charge in [0.05, 0.1) is 0 Å². The maximum atomic E-state index is 12.2. The van der Waals surface area contributed by atoms with Crippen LogP contribution < -0.4 is 16.6 Å². The first-order valence-corrected chi connectivity index (χ1v) is 6.88. The van der Waals surface area contributed by atoms with E-state index >= 15 is 0 Å². The molecule has 110 valence electrons. The first-order valence-electron chi connectivity index (χ1n) is 6.88. The molecule has 0 bridgehead atoms. The van der Waals surface area contributed by atoms with Gasteiger partial charge < -0.3 is 16.0 Å². The van der Waals surface area contributed by atoms with Crippen molar-refractivity contribution >= 4 is 22.4 Å². The molecule has 1 heterocycles. The second kappa shape index (κ2) is 5.83. The number of pyridine rings is 1. The van der Waals surface area contributed by atoms with Gasteiger partial charge in [-0.2, -0.15) is 0 Å². The Kier molecular flexibility index (Phi) is 3.72. The molecule has 0 radical (unpaired) electrons. The van der Waals surface area contributed by atoms with E-state index < -0.39 is 6.04 Å². The highest BCUT2D eigenvalue weighted by molar-refractivity contribution is 5.97. The van der Waals surface area contributed by atoms with E-state index in [1.54, 1.807) is 30.5 Å². The summed E-state index contributed by atoms with van der Waals surface area (Å²) in [7, 11) is 0. The van der Waals surface area contributed by atoms with Crippen LogP contribution in [-0.2, 0) is 4.79 Å². The lowest BCUT2D eigenvalue weighted by molar-refractivity contribution is -0.117. The predicted molar refractivity (Wildman–Crippen MR) is 86.6 cm³/mol. The molecule has 3 rings (SSSR count). The summed E-state index contributed by atoms with van der Waals surface area (Å²) in [6, 6.07) is 15.3. The average molecular weight is 293 g/mol. The number of aromatic nitrogens is 1. The number of benzene rings is 2. The summed E-state index contributed by atoms with van der Waals surface area (Å²) in [6.07, 6.45) is 1.58. The van der Waals surface area contributed by atoms with Gasteiger partial charge in [0.2, 0.25) is 5.91 Å². The second-order valence-electron chi connectivity index (χ2n) is 4.99. The van der Waals surface area contributed by atoms with Crippen LogP contribution in [0, 0.1) is 0 Å². The van der Waals surface area contributed by atoms with Crippen molar-refractivity contribution in [3.8, 4) is 0 Å². The number of rotatable bonds is 3. The van der Waals surface area contributed by atoms with Gasteiger partial charge in [0.25, 0.3) is 5.56 Å². The molecule has 0 aliphatic carbocycles. The minimum absolute atomic E-state index is 0.156. The first kappa shape index (κ1) is 14.0. The number of H-pyrrole nitrogens is 1. The topological polar surface area (TPSA) is 88.0 Å². The van der Waals surface area contributed by atoms with Crippen molar-refractivity contribution in [1.29, 1.82) is 0 Å². The number of nitrogens with two attached hydrogens (primary N) is 1. The number of amides is 1. The number of carbonyl (C=O) groups is 1. The molecule has 0 aliphatic rings. The summed E-state index contributed by atoms with van der Waals surface area (Å²) in [4.78, 5) is 26.5. The van der Waals surface area contributed by atoms with E-state index in [1.165, 1.54) is 0 Å². The van der Waals surface area contributed by atoms with Crippen LogP contribution in [0.25, 0.3) is 10.8 Å². The third kappa shape index (κ3) is 2.75. The minimum atomic E-state index is -0.740. The van der Waals surface area contributed by atoms with Crippen LogP contribution in [0.3, 0.4) is 0 Å². The Morgan fingerprint density at radius 3 is 2.64 bits per heavy atom. The normalized spacial score (nSPS) is 12.0. The molecule has 0 fully saturated rings. The van der Waals surface area contributed by atoms with E-state index in [4.69, 9.17) is 5.73 Å². The third-order valence-corrected chi connectivity index (χ3v) is 3.48. The van der Waals surface area contributed by atoms with Crippen molar-refractivity contribution in [2.24, 2.45) is 5.73 Å². The quantitative estimate of drug-likeness (QED) is 0.691. The molecule has 0 saturated carbocycles. The number of fused-ring (bicyclic) bond motifs is 1. The summed E-state index contributed by atoms with van der Waals surface area (Å²) in [5, 5.41) is 4.11. The van der Waals surface area contributed by atoms with E-state index in [9.17, 15) is 9.59 Å². The van der Waals surface area contributed by atoms with E-state index in [0.717, 1.165) is 10.9 Å². The van der Waals surface area contributed by atoms with Crippen LogP contribution in [0.15, 0.2) is 65.6 Å². The maximum Gasteiger partial charge on any atom is 0.255 e. The summed E-state index contributed by atoms with van der Waals surface area (Å²) in [5.41, 5.74) is 7.15. The molecule has 1 aromatic heterocycles. The van der Waals surface area contributed by atoms with Gasteiger partial charge in [-0.25, -0.2) is 0 Å². The van der Waals surface area contributed by atoms with E-state index in [2.05, 4.69) is 10.3 Å². The SMILES string of the molecule is NC(C(=O)Nc1ccc2c(=O)[nH]ccc2c1)c1ccccc1. The van der Waals surface area contributed by atoms with Crippen molar-refractivity contribution in [2.45, 2.75) is 6.04 Å². The van der Waals surface area contributed by atoms with Crippen molar-refractivity contribution in [3.63, 3.8) is 0 Å². The van der Waals surface area contributed by atoms with Crippen LogP contribution in [0.4, 0.5) is 5.69 Å². The van der Waals surface area contributed by atoms with Gasteiger partial charge in [-0.15, -0.1) is 0 Å². The fraction of sp³-hybridized carbons (Fsp3) is 0.0588. The Hall–Kier alpha value is -2.92. The summed E-state index contributed by atoms with van der Waals surface area (Å²) >= 11 is 0. The molecular weight excluding hydrogens is 278 g/mol. The fourth-order valence-corrected chi connectivity index (χ4v) is 2.30. The lowest BCUT2D eigenvalue weighted by Crippen LogP contribution is -2.27. The van der Waals surface area contributed by atoms with Crippen LogP contribution in [0.2, 0.25) is 0 Å². The Balaban J connectivity index is 1.84. The van der Waals surface area contributed by atoms with Crippen LogP contribution in [-0.4, -0.2) is 10.9 Å². The standard InChI is InChI=1S/C17H15N3O2/c18-15(11-4-2-1-3-5-11)17(22)20-13-6-7-14-12(10-13)8-9-19-16(14)21/h1-10,15H,18H2,(H,19,21)(H,20,22). The highest BCUT2D eigenvalue weighted by Crippen LogP contribution is 2.18. The predicted octanol–water partition coefficient (Wildman–Crippen LogP) is 2.17. The second-order valence-corrected chi connectivity index (χ2v) is 4.99. The highest BCUT2D eigenvalue weighted by atomic mass is 16.2. The summed E-state index contributed by atoms with van der Waals surface area (Å²) < 4.78 is 0. The maximum absolute atomic E-state index is 12.2. The van der Waals surface area contributed by atoms with Gasteiger partial charge in [-0.3, -0.25) is 9.59 Å². The molecule has 2 aromatic carbocycles. The number of nitrogens with one attached hydrogen (secondary N) is 2. The molecule has 0 spiro atoms. The molecule has 1 unspecified atom stereocenters. The third-order valence-electron chi connectivity index (χ3n) is 3.48. The van der Waals surface area contributed by atoms with Crippen molar-refractivity contribution in [3.05, 3.63) is 76.7 Å². The molecule has 22 heavy (non-hydrogen) atoms. The van der Waals surface area contributed by atoms with E-state index in [1.807, 2.05) is 30.3 Å². The number of anilines is 1. The molecule has 4 N–H and O–H groups in total. The van der Waals surface area contributed by atoms with E-state index in [0.29, 0.717) is 11.1 Å². The van der Waals surface area contributed by atoms with Gasteiger partial charge in [0.15, 0.2) is 0 Å². The minimum Gasteiger partial charge on any atom is -0.329 e. The van der Waals surface area contributed by atoms with Crippen LogP contribution in [0.5, 0.6) is 0 Å². The summed E-state index contributed by atoms with van der Waals surface area (Å²) in [5.74, 6) is -0.296. The Morgan fingerprint density at radius 2 is 1.86 bits per heavy atom. The molecule has 1 amide bonds. The lowest BCUT2D eigenvalue weighted by atomic mass is 10.1. The van der Waals surface area contributed by atoms with Crippen molar-refractivity contribution in [2.75, 3.05) is 5.32 Å². The van der Waals surface area contributed by atoms with Crippen molar-refractivity contribution < 1.29 is 4.79 Å². The molecule has 1 atom stereocenters. The van der Waals surface area contributed by atoms with Crippen LogP contribution in [0.1, 0.15) is 11.6 Å². The fourth-order valence-electron chi connectivity index (χ4n) is 2.30. The molecule has 0 aliphatic heterocycles. The highest BCUT2D eigenvalue weighted by Gasteiger charge is 2.15.